The first-order valence-electron chi connectivity index (χ1n) is 6.04. The molecule has 1 saturated heterocycles. The molecule has 1 heterocycles. The van der Waals surface area contributed by atoms with Crippen LogP contribution in [0.4, 0.5) is 0 Å². The van der Waals surface area contributed by atoms with Crippen LogP contribution < -0.4 is 5.32 Å². The van der Waals surface area contributed by atoms with E-state index in [1.54, 1.807) is 0 Å². The van der Waals surface area contributed by atoms with E-state index in [9.17, 15) is 0 Å². The van der Waals surface area contributed by atoms with Crippen LogP contribution in [-0.2, 0) is 0 Å². The highest BCUT2D eigenvalue weighted by Gasteiger charge is 2.53. The van der Waals surface area contributed by atoms with Crippen LogP contribution in [0, 0.1) is 11.3 Å². The van der Waals surface area contributed by atoms with Gasteiger partial charge in [-0.25, -0.2) is 0 Å². The zero-order valence-electron chi connectivity index (χ0n) is 10.4. The molecule has 1 saturated carbocycles. The minimum atomic E-state index is 0.654. The standard InChI is InChI=1S/C10H20N2.C2H6/c1-8-6-12(3)7-10(4-5-10)9(8)11-2;1-2/h8-9,11H,4-7H2,1-3H3;1-2H3. The first-order valence-corrected chi connectivity index (χ1v) is 6.04. The molecule has 1 aliphatic heterocycles. The normalized spacial score (nSPS) is 34.9. The van der Waals surface area contributed by atoms with Crippen molar-refractivity contribution >= 4 is 0 Å². The van der Waals surface area contributed by atoms with E-state index in [0.29, 0.717) is 5.41 Å². The SMILES string of the molecule is CC.CNC1C(C)CN(C)CC12CC2. The van der Waals surface area contributed by atoms with Gasteiger partial charge in [-0.2, -0.15) is 0 Å². The number of rotatable bonds is 1. The van der Waals surface area contributed by atoms with Gasteiger partial charge in [0.2, 0.25) is 0 Å². The van der Waals surface area contributed by atoms with E-state index in [1.807, 2.05) is 13.8 Å². The number of likely N-dealkylation sites (tertiary alicyclic amines) is 1. The highest BCUT2D eigenvalue weighted by Crippen LogP contribution is 2.53. The molecule has 1 aliphatic carbocycles. The first-order chi connectivity index (χ1) is 6.68. The lowest BCUT2D eigenvalue weighted by atomic mass is 9.82. The number of hydrogen-bond acceptors (Lipinski definition) is 2. The summed E-state index contributed by atoms with van der Waals surface area (Å²) in [5.41, 5.74) is 0.654. The second-order valence-electron chi connectivity index (χ2n) is 4.80. The Labute approximate surface area is 89.1 Å². The summed E-state index contributed by atoms with van der Waals surface area (Å²) < 4.78 is 0. The molecule has 2 nitrogen and oxygen atoms in total. The fourth-order valence-corrected chi connectivity index (χ4v) is 3.12. The molecule has 2 heteroatoms. The summed E-state index contributed by atoms with van der Waals surface area (Å²) in [6, 6.07) is 0.772. The van der Waals surface area contributed by atoms with Gasteiger partial charge in [-0.05, 0) is 38.3 Å². The monoisotopic (exact) mass is 198 g/mol. The van der Waals surface area contributed by atoms with E-state index in [0.717, 1.165) is 12.0 Å². The zero-order valence-corrected chi connectivity index (χ0v) is 10.4. The number of nitrogens with zero attached hydrogens (tertiary/aromatic N) is 1. The summed E-state index contributed by atoms with van der Waals surface area (Å²) in [7, 11) is 4.37. The molecule has 0 aromatic rings. The quantitative estimate of drug-likeness (QED) is 0.693. The predicted octanol–water partition coefficient (Wildman–Crippen LogP) is 1.96. The van der Waals surface area contributed by atoms with Crippen molar-refractivity contribution in [2.24, 2.45) is 11.3 Å². The van der Waals surface area contributed by atoms with Gasteiger partial charge >= 0.3 is 0 Å². The Hall–Kier alpha value is -0.0800. The third-order valence-electron chi connectivity index (χ3n) is 3.62. The van der Waals surface area contributed by atoms with Crippen molar-refractivity contribution < 1.29 is 0 Å². The minimum absolute atomic E-state index is 0.654. The van der Waals surface area contributed by atoms with Crippen LogP contribution in [0.2, 0.25) is 0 Å². The third-order valence-corrected chi connectivity index (χ3v) is 3.62. The summed E-state index contributed by atoms with van der Waals surface area (Å²) in [6.07, 6.45) is 2.88. The highest BCUT2D eigenvalue weighted by molar-refractivity contribution is 5.07. The Morgan fingerprint density at radius 2 is 1.86 bits per heavy atom. The molecule has 0 bridgehead atoms. The second-order valence-corrected chi connectivity index (χ2v) is 4.80. The Balaban J connectivity index is 0.000000461. The average Bonchev–Trinajstić information content (AvgIpc) is 2.88. The van der Waals surface area contributed by atoms with Crippen molar-refractivity contribution in [1.29, 1.82) is 0 Å². The van der Waals surface area contributed by atoms with E-state index >= 15 is 0 Å². The molecule has 2 rings (SSSR count). The minimum Gasteiger partial charge on any atom is -0.316 e. The molecule has 0 amide bonds. The molecule has 0 aromatic heterocycles. The smallest absolute Gasteiger partial charge is 0.0171 e. The molecular formula is C12H26N2. The molecule has 2 aliphatic rings. The molecular weight excluding hydrogens is 172 g/mol. The van der Waals surface area contributed by atoms with Crippen LogP contribution >= 0.6 is 0 Å². The number of piperidine rings is 1. The molecule has 1 N–H and O–H groups in total. The molecule has 2 fully saturated rings. The predicted molar refractivity (Wildman–Crippen MR) is 62.5 cm³/mol. The first kappa shape index (κ1) is 12.0. The summed E-state index contributed by atoms with van der Waals surface area (Å²) in [4.78, 5) is 2.49. The Morgan fingerprint density at radius 1 is 1.29 bits per heavy atom. The lowest BCUT2D eigenvalue weighted by Crippen LogP contribution is -2.53. The van der Waals surface area contributed by atoms with Gasteiger partial charge in [-0.1, -0.05) is 20.8 Å². The average molecular weight is 198 g/mol. The molecule has 0 radical (unpaired) electrons. The molecule has 2 atom stereocenters. The summed E-state index contributed by atoms with van der Waals surface area (Å²) in [5.74, 6) is 0.816. The molecule has 1 spiro atoms. The van der Waals surface area contributed by atoms with Crippen LogP contribution in [0.25, 0.3) is 0 Å². The van der Waals surface area contributed by atoms with Gasteiger partial charge in [0, 0.05) is 19.1 Å². The summed E-state index contributed by atoms with van der Waals surface area (Å²) >= 11 is 0. The summed E-state index contributed by atoms with van der Waals surface area (Å²) in [6.45, 7) is 8.94. The Kier molecular flexibility index (Phi) is 3.96. The topological polar surface area (TPSA) is 15.3 Å². The van der Waals surface area contributed by atoms with E-state index < -0.39 is 0 Å². The van der Waals surface area contributed by atoms with Crippen LogP contribution in [-0.4, -0.2) is 38.1 Å². The molecule has 0 aromatic carbocycles. The Morgan fingerprint density at radius 3 is 2.29 bits per heavy atom. The maximum absolute atomic E-state index is 3.50. The second kappa shape index (κ2) is 4.63. The fourth-order valence-electron chi connectivity index (χ4n) is 3.12. The maximum Gasteiger partial charge on any atom is 0.0171 e. The van der Waals surface area contributed by atoms with Crippen LogP contribution in [0.1, 0.15) is 33.6 Å². The maximum atomic E-state index is 3.50. The van der Waals surface area contributed by atoms with Gasteiger partial charge in [0.15, 0.2) is 0 Å². The largest absolute Gasteiger partial charge is 0.316 e. The zero-order chi connectivity index (χ0) is 10.8. The highest BCUT2D eigenvalue weighted by atomic mass is 15.2. The lowest BCUT2D eigenvalue weighted by molar-refractivity contribution is 0.102. The van der Waals surface area contributed by atoms with Crippen LogP contribution in [0.5, 0.6) is 0 Å². The van der Waals surface area contributed by atoms with E-state index in [-0.39, 0.29) is 0 Å². The van der Waals surface area contributed by atoms with Crippen molar-refractivity contribution in [2.75, 3.05) is 27.2 Å². The third kappa shape index (κ3) is 2.12. The van der Waals surface area contributed by atoms with E-state index in [4.69, 9.17) is 0 Å². The van der Waals surface area contributed by atoms with Crippen molar-refractivity contribution in [3.05, 3.63) is 0 Å². The van der Waals surface area contributed by atoms with Gasteiger partial charge in [0.1, 0.15) is 0 Å². The van der Waals surface area contributed by atoms with Gasteiger partial charge in [0.25, 0.3) is 0 Å². The van der Waals surface area contributed by atoms with Crippen molar-refractivity contribution in [3.63, 3.8) is 0 Å². The van der Waals surface area contributed by atoms with Gasteiger partial charge in [-0.15, -0.1) is 0 Å². The number of nitrogens with one attached hydrogen (secondary N) is 1. The molecule has 14 heavy (non-hydrogen) atoms. The van der Waals surface area contributed by atoms with Gasteiger partial charge in [0.05, 0.1) is 0 Å². The van der Waals surface area contributed by atoms with Crippen molar-refractivity contribution in [2.45, 2.75) is 39.7 Å². The van der Waals surface area contributed by atoms with Crippen molar-refractivity contribution in [3.8, 4) is 0 Å². The summed E-state index contributed by atoms with van der Waals surface area (Å²) in [5, 5.41) is 3.50. The van der Waals surface area contributed by atoms with Crippen molar-refractivity contribution in [1.82, 2.24) is 10.2 Å². The van der Waals surface area contributed by atoms with Gasteiger partial charge in [-0.3, -0.25) is 0 Å². The fraction of sp³-hybridized carbons (Fsp3) is 1.00. The van der Waals surface area contributed by atoms with E-state index in [2.05, 4.69) is 31.2 Å². The number of hydrogen-bond donors (Lipinski definition) is 1. The Bertz CT molecular complexity index is 175. The van der Waals surface area contributed by atoms with Gasteiger partial charge < -0.3 is 10.2 Å². The van der Waals surface area contributed by atoms with Crippen LogP contribution in [0.15, 0.2) is 0 Å². The lowest BCUT2D eigenvalue weighted by Gasteiger charge is -2.41. The van der Waals surface area contributed by atoms with Crippen LogP contribution in [0.3, 0.4) is 0 Å². The molecule has 2 unspecified atom stereocenters. The molecule has 84 valence electrons. The van der Waals surface area contributed by atoms with E-state index in [1.165, 1.54) is 25.9 Å².